The Hall–Kier alpha value is -2.63. The number of anilines is 2. The van der Waals surface area contributed by atoms with E-state index in [2.05, 4.69) is 22.8 Å². The quantitative estimate of drug-likeness (QED) is 0.838. The molecule has 1 saturated heterocycles. The predicted molar refractivity (Wildman–Crippen MR) is 87.1 cm³/mol. The molecule has 6 heteroatoms. The van der Waals surface area contributed by atoms with Crippen molar-refractivity contribution in [1.29, 1.82) is 0 Å². The first-order valence-electron chi connectivity index (χ1n) is 7.81. The summed E-state index contributed by atoms with van der Waals surface area (Å²) in [5.74, 6) is -0.00549. The number of carbonyl (C=O) groups is 3. The Kier molecular flexibility index (Phi) is 4.41. The van der Waals surface area contributed by atoms with Crippen LogP contribution in [0.5, 0.6) is 0 Å². The van der Waals surface area contributed by atoms with E-state index in [9.17, 15) is 14.4 Å². The van der Waals surface area contributed by atoms with Crippen LogP contribution in [-0.4, -0.2) is 24.4 Å². The molecular formula is C17H19N3O3. The molecule has 1 aromatic rings. The van der Waals surface area contributed by atoms with Gasteiger partial charge >= 0.3 is 6.03 Å². The first-order valence-corrected chi connectivity index (χ1v) is 7.81. The van der Waals surface area contributed by atoms with Gasteiger partial charge in [-0.2, -0.15) is 0 Å². The number of allylic oxidation sites excluding steroid dienone is 2. The molecule has 1 aliphatic carbocycles. The molecule has 1 aromatic carbocycles. The van der Waals surface area contributed by atoms with E-state index in [-0.39, 0.29) is 18.2 Å². The van der Waals surface area contributed by atoms with Gasteiger partial charge in [-0.3, -0.25) is 9.59 Å². The van der Waals surface area contributed by atoms with Crippen LogP contribution in [0.15, 0.2) is 36.4 Å². The number of hydrogen-bond acceptors (Lipinski definition) is 3. The lowest BCUT2D eigenvalue weighted by Gasteiger charge is -2.26. The molecule has 2 aliphatic rings. The molecule has 23 heavy (non-hydrogen) atoms. The van der Waals surface area contributed by atoms with Gasteiger partial charge in [0.25, 0.3) is 0 Å². The smallest absolute Gasteiger partial charge is 0.328 e. The molecule has 1 unspecified atom stereocenters. The van der Waals surface area contributed by atoms with Gasteiger partial charge in [0.2, 0.25) is 11.8 Å². The highest BCUT2D eigenvalue weighted by Gasteiger charge is 2.27. The second-order valence-corrected chi connectivity index (χ2v) is 5.78. The SMILES string of the molecule is O=C(CC1C=CCC1)Nc1cccc(N2C(=O)CCNC2=O)c1. The van der Waals surface area contributed by atoms with Crippen molar-refractivity contribution in [3.63, 3.8) is 0 Å². The maximum Gasteiger partial charge on any atom is 0.328 e. The van der Waals surface area contributed by atoms with Gasteiger partial charge in [0.1, 0.15) is 0 Å². The average Bonchev–Trinajstić information content (AvgIpc) is 3.00. The Bertz CT molecular complexity index is 653. The highest BCUT2D eigenvalue weighted by molar-refractivity contribution is 6.16. The van der Waals surface area contributed by atoms with E-state index in [1.165, 1.54) is 0 Å². The molecule has 1 heterocycles. The summed E-state index contributed by atoms with van der Waals surface area (Å²) in [6.45, 7) is 0.361. The lowest BCUT2D eigenvalue weighted by molar-refractivity contribution is -0.118. The zero-order valence-electron chi connectivity index (χ0n) is 12.7. The summed E-state index contributed by atoms with van der Waals surface area (Å²) in [7, 11) is 0. The number of benzene rings is 1. The molecule has 1 atom stereocenters. The number of hydrogen-bond donors (Lipinski definition) is 2. The summed E-state index contributed by atoms with van der Waals surface area (Å²) in [5, 5.41) is 5.48. The minimum absolute atomic E-state index is 0.0619. The third kappa shape index (κ3) is 3.59. The molecule has 0 saturated carbocycles. The first-order chi connectivity index (χ1) is 11.1. The van der Waals surface area contributed by atoms with Gasteiger partial charge in [-0.15, -0.1) is 0 Å². The van der Waals surface area contributed by atoms with Crippen LogP contribution in [0.1, 0.15) is 25.7 Å². The van der Waals surface area contributed by atoms with E-state index in [1.54, 1.807) is 24.3 Å². The molecule has 120 valence electrons. The molecule has 3 rings (SSSR count). The van der Waals surface area contributed by atoms with Crippen LogP contribution in [0.25, 0.3) is 0 Å². The molecular weight excluding hydrogens is 294 g/mol. The molecule has 0 aromatic heterocycles. The third-order valence-corrected chi connectivity index (χ3v) is 4.02. The van der Waals surface area contributed by atoms with Gasteiger partial charge in [0.05, 0.1) is 5.69 Å². The number of nitrogens with zero attached hydrogens (tertiary/aromatic N) is 1. The average molecular weight is 313 g/mol. The van der Waals surface area contributed by atoms with Crippen molar-refractivity contribution in [2.24, 2.45) is 5.92 Å². The second kappa shape index (κ2) is 6.64. The Balaban J connectivity index is 1.69. The first kappa shape index (κ1) is 15.3. The van der Waals surface area contributed by atoms with Crippen molar-refractivity contribution >= 4 is 29.2 Å². The third-order valence-electron chi connectivity index (χ3n) is 4.02. The molecule has 1 aliphatic heterocycles. The van der Waals surface area contributed by atoms with Gasteiger partial charge in [-0.1, -0.05) is 18.2 Å². The van der Waals surface area contributed by atoms with Crippen molar-refractivity contribution in [1.82, 2.24) is 5.32 Å². The molecule has 2 N–H and O–H groups in total. The monoisotopic (exact) mass is 313 g/mol. The minimum Gasteiger partial charge on any atom is -0.337 e. The van der Waals surface area contributed by atoms with Crippen LogP contribution >= 0.6 is 0 Å². The van der Waals surface area contributed by atoms with Gasteiger partial charge in [0.15, 0.2) is 0 Å². The molecule has 0 spiro atoms. The molecule has 0 radical (unpaired) electrons. The van der Waals surface area contributed by atoms with Crippen LogP contribution in [0.4, 0.5) is 16.2 Å². The van der Waals surface area contributed by atoms with Gasteiger partial charge in [-0.25, -0.2) is 9.69 Å². The Morgan fingerprint density at radius 3 is 2.96 bits per heavy atom. The maximum absolute atomic E-state index is 12.1. The highest BCUT2D eigenvalue weighted by atomic mass is 16.2. The molecule has 0 bridgehead atoms. The van der Waals surface area contributed by atoms with Crippen molar-refractivity contribution in [2.75, 3.05) is 16.8 Å². The molecule has 4 amide bonds. The van der Waals surface area contributed by atoms with Crippen molar-refractivity contribution in [3.05, 3.63) is 36.4 Å². The second-order valence-electron chi connectivity index (χ2n) is 5.78. The Morgan fingerprint density at radius 1 is 1.35 bits per heavy atom. The van der Waals surface area contributed by atoms with E-state index in [0.717, 1.165) is 17.7 Å². The lowest BCUT2D eigenvalue weighted by atomic mass is 10.1. The van der Waals surface area contributed by atoms with Gasteiger partial charge in [0, 0.05) is 25.1 Å². The standard InChI is InChI=1S/C17H19N3O3/c21-15(10-12-4-1-2-5-12)19-13-6-3-7-14(11-13)20-16(22)8-9-18-17(20)23/h1,3-4,6-7,11-12H,2,5,8-10H2,(H,18,23)(H,19,21). The van der Waals surface area contributed by atoms with Crippen LogP contribution in [0, 0.1) is 5.92 Å². The minimum atomic E-state index is -0.430. The van der Waals surface area contributed by atoms with Crippen LogP contribution in [0.3, 0.4) is 0 Å². The lowest BCUT2D eigenvalue weighted by Crippen LogP contribution is -2.50. The van der Waals surface area contributed by atoms with Crippen molar-refractivity contribution in [2.45, 2.75) is 25.7 Å². The summed E-state index contributed by atoms with van der Waals surface area (Å²) in [4.78, 5) is 37.0. The Labute approximate surface area is 134 Å². The fourth-order valence-electron chi connectivity index (χ4n) is 2.88. The van der Waals surface area contributed by atoms with E-state index < -0.39 is 6.03 Å². The largest absolute Gasteiger partial charge is 0.337 e. The molecule has 6 nitrogen and oxygen atoms in total. The zero-order chi connectivity index (χ0) is 16.2. The topological polar surface area (TPSA) is 78.5 Å². The summed E-state index contributed by atoms with van der Waals surface area (Å²) in [6.07, 6.45) is 6.93. The summed E-state index contributed by atoms with van der Waals surface area (Å²) in [5.41, 5.74) is 1.05. The normalized spacial score (nSPS) is 20.5. The predicted octanol–water partition coefficient (Wildman–Crippen LogP) is 2.43. The number of nitrogens with one attached hydrogen (secondary N) is 2. The van der Waals surface area contributed by atoms with Gasteiger partial charge in [-0.05, 0) is 37.0 Å². The number of imide groups is 1. The fraction of sp³-hybridized carbons (Fsp3) is 0.353. The summed E-state index contributed by atoms with van der Waals surface area (Å²) in [6, 6.07) is 6.36. The van der Waals surface area contributed by atoms with Crippen LogP contribution in [0.2, 0.25) is 0 Å². The Morgan fingerprint density at radius 2 is 2.22 bits per heavy atom. The van der Waals surface area contributed by atoms with E-state index in [1.807, 2.05) is 0 Å². The zero-order valence-corrected chi connectivity index (χ0v) is 12.7. The number of amides is 4. The van der Waals surface area contributed by atoms with Crippen molar-refractivity contribution < 1.29 is 14.4 Å². The van der Waals surface area contributed by atoms with E-state index >= 15 is 0 Å². The highest BCUT2D eigenvalue weighted by Crippen LogP contribution is 2.24. The molecule has 1 fully saturated rings. The van der Waals surface area contributed by atoms with E-state index in [4.69, 9.17) is 0 Å². The number of urea groups is 1. The van der Waals surface area contributed by atoms with Crippen LogP contribution < -0.4 is 15.5 Å². The van der Waals surface area contributed by atoms with E-state index in [0.29, 0.717) is 30.3 Å². The fourth-order valence-corrected chi connectivity index (χ4v) is 2.88. The van der Waals surface area contributed by atoms with Gasteiger partial charge < -0.3 is 10.6 Å². The number of rotatable bonds is 4. The number of carbonyl (C=O) groups excluding carboxylic acids is 3. The van der Waals surface area contributed by atoms with Crippen LogP contribution in [-0.2, 0) is 9.59 Å². The van der Waals surface area contributed by atoms with Crippen molar-refractivity contribution in [3.8, 4) is 0 Å². The maximum atomic E-state index is 12.1. The summed E-state index contributed by atoms with van der Waals surface area (Å²) < 4.78 is 0. The summed E-state index contributed by atoms with van der Waals surface area (Å²) >= 11 is 0.